The molecule has 102 valence electrons. The number of fused-ring (bicyclic) bond motifs is 1. The third kappa shape index (κ3) is 2.85. The Morgan fingerprint density at radius 3 is 2.58 bits per heavy atom. The molecule has 0 saturated carbocycles. The van der Waals surface area contributed by atoms with Crippen LogP contribution >= 0.6 is 12.4 Å². The van der Waals surface area contributed by atoms with Gasteiger partial charge in [-0.15, -0.1) is 12.4 Å². The number of halogens is 1. The van der Waals surface area contributed by atoms with Crippen molar-refractivity contribution in [2.75, 3.05) is 13.6 Å². The summed E-state index contributed by atoms with van der Waals surface area (Å²) in [7, 11) is 2.21. The predicted octanol–water partition coefficient (Wildman–Crippen LogP) is 4.12. The Bertz CT molecular complexity index is 570. The van der Waals surface area contributed by atoms with E-state index in [-0.39, 0.29) is 12.4 Å². The molecular weight excluding hydrogens is 258 g/mol. The van der Waals surface area contributed by atoms with E-state index in [4.69, 9.17) is 0 Å². The van der Waals surface area contributed by atoms with Crippen LogP contribution in [-0.2, 0) is 0 Å². The van der Waals surface area contributed by atoms with Gasteiger partial charge in [0, 0.05) is 6.04 Å². The van der Waals surface area contributed by atoms with Crippen molar-refractivity contribution in [2.24, 2.45) is 0 Å². The molecule has 1 atom stereocenters. The van der Waals surface area contributed by atoms with Crippen LogP contribution in [0.2, 0.25) is 0 Å². The topological polar surface area (TPSA) is 23.5 Å². The predicted molar refractivity (Wildman–Crippen MR) is 82.1 cm³/mol. The van der Waals surface area contributed by atoms with Crippen molar-refractivity contribution in [3.05, 3.63) is 42.0 Å². The molecule has 0 amide bonds. The van der Waals surface area contributed by atoms with Gasteiger partial charge >= 0.3 is 0 Å². The number of aromatic hydroxyl groups is 1. The van der Waals surface area contributed by atoms with Crippen molar-refractivity contribution in [2.45, 2.75) is 25.3 Å². The Morgan fingerprint density at radius 1 is 1.05 bits per heavy atom. The lowest BCUT2D eigenvalue weighted by atomic mass is 9.94. The maximum atomic E-state index is 9.48. The zero-order chi connectivity index (χ0) is 12.5. The molecule has 0 radical (unpaired) electrons. The summed E-state index contributed by atoms with van der Waals surface area (Å²) >= 11 is 0. The van der Waals surface area contributed by atoms with Gasteiger partial charge in [-0.1, -0.05) is 24.6 Å². The molecule has 2 nitrogen and oxygen atoms in total. The number of nitrogens with zero attached hydrogens (tertiary/aromatic N) is 1. The molecule has 3 rings (SSSR count). The van der Waals surface area contributed by atoms with E-state index in [9.17, 15) is 5.11 Å². The number of phenols is 1. The first kappa shape index (κ1) is 14.2. The lowest BCUT2D eigenvalue weighted by Crippen LogP contribution is -2.29. The highest BCUT2D eigenvalue weighted by Gasteiger charge is 2.20. The number of rotatable bonds is 1. The molecule has 1 aliphatic rings. The number of phenolic OH excluding ortho intramolecular Hbond substituents is 1. The van der Waals surface area contributed by atoms with Crippen LogP contribution < -0.4 is 0 Å². The maximum Gasteiger partial charge on any atom is 0.116 e. The van der Waals surface area contributed by atoms with Crippen molar-refractivity contribution in [1.29, 1.82) is 0 Å². The van der Waals surface area contributed by atoms with Crippen molar-refractivity contribution < 1.29 is 5.11 Å². The van der Waals surface area contributed by atoms with Crippen LogP contribution in [0.3, 0.4) is 0 Å². The molecular formula is C16H20ClNO. The van der Waals surface area contributed by atoms with Crippen LogP contribution in [0, 0.1) is 0 Å². The van der Waals surface area contributed by atoms with Crippen LogP contribution in [0.25, 0.3) is 10.8 Å². The average Bonchev–Trinajstić information content (AvgIpc) is 2.39. The Hall–Kier alpha value is -1.25. The SMILES string of the molecule is CN1CCCCC1c1ccc2cc(O)ccc2c1.Cl. The molecule has 0 spiro atoms. The molecule has 1 aliphatic heterocycles. The van der Waals surface area contributed by atoms with Crippen molar-refractivity contribution in [3.8, 4) is 5.75 Å². The third-order valence-corrected chi connectivity index (χ3v) is 4.00. The number of hydrogen-bond donors (Lipinski definition) is 1. The molecule has 1 fully saturated rings. The maximum absolute atomic E-state index is 9.48. The molecule has 1 heterocycles. The van der Waals surface area contributed by atoms with Crippen LogP contribution in [0.1, 0.15) is 30.9 Å². The van der Waals surface area contributed by atoms with E-state index in [0.29, 0.717) is 11.8 Å². The monoisotopic (exact) mass is 277 g/mol. The van der Waals surface area contributed by atoms with Crippen LogP contribution in [0.5, 0.6) is 5.75 Å². The van der Waals surface area contributed by atoms with Crippen LogP contribution in [0.15, 0.2) is 36.4 Å². The zero-order valence-electron chi connectivity index (χ0n) is 11.2. The Balaban J connectivity index is 0.00000133. The first-order valence-corrected chi connectivity index (χ1v) is 6.67. The van der Waals surface area contributed by atoms with Gasteiger partial charge in [-0.2, -0.15) is 0 Å². The van der Waals surface area contributed by atoms with Gasteiger partial charge in [-0.05, 0) is 61.0 Å². The third-order valence-electron chi connectivity index (χ3n) is 4.00. The van der Waals surface area contributed by atoms with Gasteiger partial charge in [0.2, 0.25) is 0 Å². The fourth-order valence-corrected chi connectivity index (χ4v) is 2.96. The standard InChI is InChI=1S/C16H19NO.ClH/c1-17-9-3-2-4-16(17)14-6-5-13-11-15(18)8-7-12(13)10-14;/h5-8,10-11,16,18H,2-4,9H2,1H3;1H. The normalized spacial score (nSPS) is 20.2. The minimum atomic E-state index is 0. The van der Waals surface area contributed by atoms with E-state index < -0.39 is 0 Å². The highest BCUT2D eigenvalue weighted by atomic mass is 35.5. The Morgan fingerprint density at radius 2 is 1.79 bits per heavy atom. The summed E-state index contributed by atoms with van der Waals surface area (Å²) in [4.78, 5) is 2.45. The second-order valence-corrected chi connectivity index (χ2v) is 5.28. The molecule has 3 heteroatoms. The molecule has 2 aromatic carbocycles. The van der Waals surface area contributed by atoms with E-state index in [2.05, 4.69) is 30.1 Å². The minimum absolute atomic E-state index is 0. The number of likely N-dealkylation sites (tertiary alicyclic amines) is 1. The Labute approximate surface area is 120 Å². The van der Waals surface area contributed by atoms with E-state index in [1.165, 1.54) is 36.8 Å². The summed E-state index contributed by atoms with van der Waals surface area (Å²) < 4.78 is 0. The van der Waals surface area contributed by atoms with Crippen molar-refractivity contribution in [3.63, 3.8) is 0 Å². The Kier molecular flexibility index (Phi) is 4.33. The van der Waals surface area contributed by atoms with E-state index in [0.717, 1.165) is 5.39 Å². The molecule has 0 aromatic heterocycles. The summed E-state index contributed by atoms with van der Waals surface area (Å²) in [6, 6.07) is 12.7. The molecule has 1 N–H and O–H groups in total. The summed E-state index contributed by atoms with van der Waals surface area (Å²) in [6.45, 7) is 1.19. The van der Waals surface area contributed by atoms with Gasteiger partial charge < -0.3 is 5.11 Å². The molecule has 0 aliphatic carbocycles. The van der Waals surface area contributed by atoms with Gasteiger partial charge in [0.1, 0.15) is 5.75 Å². The largest absolute Gasteiger partial charge is 0.508 e. The molecule has 0 bridgehead atoms. The smallest absolute Gasteiger partial charge is 0.116 e. The second-order valence-electron chi connectivity index (χ2n) is 5.28. The van der Waals surface area contributed by atoms with E-state index >= 15 is 0 Å². The van der Waals surface area contributed by atoms with Gasteiger partial charge in [0.25, 0.3) is 0 Å². The number of benzene rings is 2. The molecule has 1 saturated heterocycles. The first-order valence-electron chi connectivity index (χ1n) is 6.67. The summed E-state index contributed by atoms with van der Waals surface area (Å²) in [6.07, 6.45) is 3.89. The molecule has 1 unspecified atom stereocenters. The first-order chi connectivity index (χ1) is 8.74. The summed E-state index contributed by atoms with van der Waals surface area (Å²) in [5, 5.41) is 11.8. The van der Waals surface area contributed by atoms with Crippen LogP contribution in [-0.4, -0.2) is 23.6 Å². The van der Waals surface area contributed by atoms with E-state index in [1.54, 1.807) is 6.07 Å². The summed E-state index contributed by atoms with van der Waals surface area (Å²) in [5.41, 5.74) is 1.40. The summed E-state index contributed by atoms with van der Waals surface area (Å²) in [5.74, 6) is 0.338. The van der Waals surface area contributed by atoms with Crippen molar-refractivity contribution in [1.82, 2.24) is 4.90 Å². The molecule has 19 heavy (non-hydrogen) atoms. The number of piperidine rings is 1. The zero-order valence-corrected chi connectivity index (χ0v) is 12.0. The van der Waals surface area contributed by atoms with Crippen molar-refractivity contribution >= 4 is 23.2 Å². The van der Waals surface area contributed by atoms with Gasteiger partial charge in [0.05, 0.1) is 0 Å². The quantitative estimate of drug-likeness (QED) is 0.847. The highest BCUT2D eigenvalue weighted by Crippen LogP contribution is 2.31. The molecule has 2 aromatic rings. The lowest BCUT2D eigenvalue weighted by Gasteiger charge is -2.32. The average molecular weight is 278 g/mol. The second kappa shape index (κ2) is 5.81. The fraction of sp³-hybridized carbons (Fsp3) is 0.375. The van der Waals surface area contributed by atoms with E-state index in [1.807, 2.05) is 12.1 Å². The van der Waals surface area contributed by atoms with Gasteiger partial charge in [-0.3, -0.25) is 4.90 Å². The lowest BCUT2D eigenvalue weighted by molar-refractivity contribution is 0.187. The number of hydrogen-bond acceptors (Lipinski definition) is 2. The fourth-order valence-electron chi connectivity index (χ4n) is 2.96. The van der Waals surface area contributed by atoms with Gasteiger partial charge in [-0.25, -0.2) is 0 Å². The van der Waals surface area contributed by atoms with Gasteiger partial charge in [0.15, 0.2) is 0 Å². The highest BCUT2D eigenvalue weighted by molar-refractivity contribution is 5.85. The van der Waals surface area contributed by atoms with Crippen LogP contribution in [0.4, 0.5) is 0 Å². The minimum Gasteiger partial charge on any atom is -0.508 e.